The van der Waals surface area contributed by atoms with Gasteiger partial charge in [-0.15, -0.1) is 0 Å². The van der Waals surface area contributed by atoms with Crippen molar-refractivity contribution < 1.29 is 18.0 Å². The summed E-state index contributed by atoms with van der Waals surface area (Å²) in [7, 11) is -3.54. The van der Waals surface area contributed by atoms with Gasteiger partial charge in [0.25, 0.3) is 0 Å². The summed E-state index contributed by atoms with van der Waals surface area (Å²) in [5, 5.41) is 5.81. The number of nitrogens with zero attached hydrogens (tertiary/aromatic N) is 1. The first-order valence-electron chi connectivity index (χ1n) is 11.4. The van der Waals surface area contributed by atoms with Gasteiger partial charge in [-0.1, -0.05) is 25.3 Å². The summed E-state index contributed by atoms with van der Waals surface area (Å²) in [5.41, 5.74) is 2.01. The van der Waals surface area contributed by atoms with Crippen LogP contribution in [0.1, 0.15) is 56.1 Å². The molecule has 31 heavy (non-hydrogen) atoms. The number of nitrogens with one attached hydrogen (secondary N) is 2. The zero-order chi connectivity index (χ0) is 22.4. The third kappa shape index (κ3) is 6.07. The second kappa shape index (κ2) is 10.6. The van der Waals surface area contributed by atoms with Crippen LogP contribution in [0, 0.1) is 25.7 Å². The van der Waals surface area contributed by atoms with Gasteiger partial charge < -0.3 is 10.6 Å². The lowest BCUT2D eigenvalue weighted by atomic mass is 9.89. The summed E-state index contributed by atoms with van der Waals surface area (Å²) in [6.07, 6.45) is 6.38. The minimum Gasteiger partial charge on any atom is -0.354 e. The molecule has 8 heteroatoms. The molecule has 0 unspecified atom stereocenters. The van der Waals surface area contributed by atoms with Gasteiger partial charge in [0, 0.05) is 38.0 Å². The molecule has 2 fully saturated rings. The molecule has 0 radical (unpaired) electrons. The van der Waals surface area contributed by atoms with E-state index >= 15 is 0 Å². The zero-order valence-corrected chi connectivity index (χ0v) is 19.5. The number of hydrogen-bond donors (Lipinski definition) is 2. The van der Waals surface area contributed by atoms with Crippen LogP contribution in [-0.4, -0.2) is 50.7 Å². The van der Waals surface area contributed by atoms with Gasteiger partial charge in [0.1, 0.15) is 0 Å². The number of piperidine rings is 1. The van der Waals surface area contributed by atoms with E-state index in [1.807, 2.05) is 19.9 Å². The van der Waals surface area contributed by atoms with Crippen LogP contribution in [0.4, 0.5) is 0 Å². The van der Waals surface area contributed by atoms with Gasteiger partial charge in [0.15, 0.2) is 0 Å². The summed E-state index contributed by atoms with van der Waals surface area (Å²) in [4.78, 5) is 24.9. The third-order valence-electron chi connectivity index (χ3n) is 6.64. The molecule has 1 aromatic rings. The average molecular weight is 450 g/mol. The van der Waals surface area contributed by atoms with Gasteiger partial charge in [-0.2, -0.15) is 4.31 Å². The number of benzene rings is 1. The quantitative estimate of drug-likeness (QED) is 0.625. The molecule has 2 amide bonds. The van der Waals surface area contributed by atoms with Gasteiger partial charge in [-0.3, -0.25) is 9.59 Å². The first kappa shape index (κ1) is 23.7. The second-order valence-electron chi connectivity index (χ2n) is 8.84. The number of sulfonamides is 1. The zero-order valence-electron chi connectivity index (χ0n) is 18.7. The maximum Gasteiger partial charge on any atom is 0.243 e. The Balaban J connectivity index is 1.41. The molecule has 1 saturated carbocycles. The molecule has 2 aliphatic rings. The van der Waals surface area contributed by atoms with E-state index in [1.54, 1.807) is 12.1 Å². The van der Waals surface area contributed by atoms with Crippen LogP contribution < -0.4 is 10.6 Å². The molecule has 0 aromatic heterocycles. The lowest BCUT2D eigenvalue weighted by molar-refractivity contribution is -0.127. The predicted molar refractivity (Wildman–Crippen MR) is 120 cm³/mol. The smallest absolute Gasteiger partial charge is 0.243 e. The Morgan fingerprint density at radius 1 is 0.871 bits per heavy atom. The van der Waals surface area contributed by atoms with Crippen LogP contribution in [0.2, 0.25) is 0 Å². The molecular weight excluding hydrogens is 414 g/mol. The molecule has 2 N–H and O–H groups in total. The highest BCUT2D eigenvalue weighted by Crippen LogP contribution is 2.25. The minimum absolute atomic E-state index is 0.0601. The Morgan fingerprint density at radius 2 is 1.42 bits per heavy atom. The maximum atomic E-state index is 12.9. The Morgan fingerprint density at radius 3 is 1.97 bits per heavy atom. The van der Waals surface area contributed by atoms with E-state index < -0.39 is 10.0 Å². The molecule has 172 valence electrons. The van der Waals surface area contributed by atoms with Crippen LogP contribution in [0.25, 0.3) is 0 Å². The van der Waals surface area contributed by atoms with E-state index in [0.717, 1.165) is 36.8 Å². The average Bonchev–Trinajstić information content (AvgIpc) is 2.78. The van der Waals surface area contributed by atoms with Crippen LogP contribution in [0.5, 0.6) is 0 Å². The SMILES string of the molecule is Cc1ccc(S(=O)(=O)N2CCC(C(=O)NCCNC(=O)C3CCCCC3)CC2)cc1C. The summed E-state index contributed by atoms with van der Waals surface area (Å²) < 4.78 is 27.3. The molecule has 1 aromatic carbocycles. The molecular formula is C23H35N3O4S. The third-order valence-corrected chi connectivity index (χ3v) is 8.53. The molecule has 7 nitrogen and oxygen atoms in total. The Hall–Kier alpha value is -1.93. The van der Waals surface area contributed by atoms with E-state index in [4.69, 9.17) is 0 Å². The first-order valence-corrected chi connectivity index (χ1v) is 12.9. The fourth-order valence-corrected chi connectivity index (χ4v) is 5.96. The van der Waals surface area contributed by atoms with Crippen molar-refractivity contribution in [3.8, 4) is 0 Å². The van der Waals surface area contributed by atoms with Crippen molar-refractivity contribution in [3.63, 3.8) is 0 Å². The van der Waals surface area contributed by atoms with Crippen molar-refractivity contribution in [2.24, 2.45) is 11.8 Å². The highest BCUT2D eigenvalue weighted by molar-refractivity contribution is 7.89. The van der Waals surface area contributed by atoms with E-state index in [-0.39, 0.29) is 23.7 Å². The van der Waals surface area contributed by atoms with Crippen molar-refractivity contribution in [2.45, 2.75) is 63.7 Å². The molecule has 0 atom stereocenters. The first-order chi connectivity index (χ1) is 14.8. The predicted octanol–water partition coefficient (Wildman–Crippen LogP) is 2.52. The van der Waals surface area contributed by atoms with Gasteiger partial charge in [0.2, 0.25) is 21.8 Å². The Labute approximate surface area is 186 Å². The molecule has 0 bridgehead atoms. The lowest BCUT2D eigenvalue weighted by Crippen LogP contribution is -2.44. The fraction of sp³-hybridized carbons (Fsp3) is 0.652. The molecule has 0 spiro atoms. The van der Waals surface area contributed by atoms with Crippen molar-refractivity contribution in [2.75, 3.05) is 26.2 Å². The second-order valence-corrected chi connectivity index (χ2v) is 10.8. The number of aryl methyl sites for hydroxylation is 2. The monoisotopic (exact) mass is 449 g/mol. The summed E-state index contributed by atoms with van der Waals surface area (Å²) in [6.45, 7) is 5.37. The number of hydrogen-bond acceptors (Lipinski definition) is 4. The summed E-state index contributed by atoms with van der Waals surface area (Å²) in [5.74, 6) is -0.0396. The Bertz CT molecular complexity index is 886. The van der Waals surface area contributed by atoms with Gasteiger partial charge in [0.05, 0.1) is 4.90 Å². The van der Waals surface area contributed by atoms with Crippen LogP contribution in [0.15, 0.2) is 23.1 Å². The van der Waals surface area contributed by atoms with Crippen LogP contribution in [0.3, 0.4) is 0 Å². The van der Waals surface area contributed by atoms with Gasteiger partial charge in [-0.25, -0.2) is 8.42 Å². The van der Waals surface area contributed by atoms with E-state index in [1.165, 1.54) is 10.7 Å². The summed E-state index contributed by atoms with van der Waals surface area (Å²) in [6, 6.07) is 5.19. The van der Waals surface area contributed by atoms with Crippen molar-refractivity contribution in [1.82, 2.24) is 14.9 Å². The number of carbonyl (C=O) groups is 2. The van der Waals surface area contributed by atoms with Gasteiger partial charge in [-0.05, 0) is 62.8 Å². The molecule has 1 aliphatic heterocycles. The number of amides is 2. The van der Waals surface area contributed by atoms with Crippen molar-refractivity contribution in [1.29, 1.82) is 0 Å². The largest absolute Gasteiger partial charge is 0.354 e. The summed E-state index contributed by atoms with van der Waals surface area (Å²) >= 11 is 0. The normalized spacial score (nSPS) is 19.2. The standard InChI is InChI=1S/C23H35N3O4S/c1-17-8-9-21(16-18(17)2)31(29,30)26-14-10-20(11-15-26)23(28)25-13-12-24-22(27)19-6-4-3-5-7-19/h8-9,16,19-20H,3-7,10-15H2,1-2H3,(H,24,27)(H,25,28). The number of rotatable bonds is 7. The number of carbonyl (C=O) groups excluding carboxylic acids is 2. The maximum absolute atomic E-state index is 12.9. The van der Waals surface area contributed by atoms with Crippen molar-refractivity contribution >= 4 is 21.8 Å². The highest BCUT2D eigenvalue weighted by Gasteiger charge is 2.32. The van der Waals surface area contributed by atoms with Crippen molar-refractivity contribution in [3.05, 3.63) is 29.3 Å². The van der Waals surface area contributed by atoms with E-state index in [0.29, 0.717) is 43.9 Å². The highest BCUT2D eigenvalue weighted by atomic mass is 32.2. The lowest BCUT2D eigenvalue weighted by Gasteiger charge is -2.30. The molecule has 1 saturated heterocycles. The fourth-order valence-electron chi connectivity index (χ4n) is 4.41. The van der Waals surface area contributed by atoms with Crippen LogP contribution >= 0.6 is 0 Å². The van der Waals surface area contributed by atoms with Crippen LogP contribution in [-0.2, 0) is 19.6 Å². The van der Waals surface area contributed by atoms with Gasteiger partial charge >= 0.3 is 0 Å². The topological polar surface area (TPSA) is 95.6 Å². The Kier molecular flexibility index (Phi) is 8.11. The molecule has 1 aliphatic carbocycles. The molecule has 3 rings (SSSR count). The van der Waals surface area contributed by atoms with E-state index in [9.17, 15) is 18.0 Å². The molecule has 1 heterocycles. The van der Waals surface area contributed by atoms with E-state index in [2.05, 4.69) is 10.6 Å². The minimum atomic E-state index is -3.54.